The maximum atomic E-state index is 12.8. The lowest BCUT2D eigenvalue weighted by Crippen LogP contribution is -2.53. The number of aryl methyl sites for hydroxylation is 1. The molecule has 0 unspecified atom stereocenters. The topological polar surface area (TPSA) is 54.5 Å². The highest BCUT2D eigenvalue weighted by Gasteiger charge is 2.41. The Balaban J connectivity index is 1.50. The number of anilines is 1. The Morgan fingerprint density at radius 3 is 2.85 bits per heavy atom. The van der Waals surface area contributed by atoms with Crippen molar-refractivity contribution in [1.29, 1.82) is 0 Å². The van der Waals surface area contributed by atoms with Gasteiger partial charge in [-0.15, -0.1) is 0 Å². The van der Waals surface area contributed by atoms with Crippen LogP contribution in [0.15, 0.2) is 30.3 Å². The van der Waals surface area contributed by atoms with E-state index in [-0.39, 0.29) is 23.3 Å². The third-order valence-corrected chi connectivity index (χ3v) is 6.05. The lowest BCUT2D eigenvalue weighted by Gasteiger charge is -2.44. The fourth-order valence-electron chi connectivity index (χ4n) is 4.45. The average molecular weight is 367 g/mol. The van der Waals surface area contributed by atoms with Crippen LogP contribution in [0.4, 0.5) is 5.82 Å². The highest BCUT2D eigenvalue weighted by Crippen LogP contribution is 2.37. The first kappa shape index (κ1) is 18.2. The molecule has 0 radical (unpaired) electrons. The van der Waals surface area contributed by atoms with Crippen molar-refractivity contribution in [3.63, 3.8) is 0 Å². The number of carbonyl (C=O) groups excluding carboxylic acids is 1. The molecular weight excluding hydrogens is 338 g/mol. The molecule has 0 spiro atoms. The van der Waals surface area contributed by atoms with Crippen LogP contribution in [-0.2, 0) is 9.53 Å². The predicted molar refractivity (Wildman–Crippen MR) is 108 cm³/mol. The van der Waals surface area contributed by atoms with Gasteiger partial charge in [0, 0.05) is 31.0 Å². The summed E-state index contributed by atoms with van der Waals surface area (Å²) in [5, 5.41) is 4.36. The van der Waals surface area contributed by atoms with Crippen LogP contribution < -0.4 is 10.2 Å². The quantitative estimate of drug-likeness (QED) is 0.904. The number of ether oxygens (including phenoxy) is 1. The van der Waals surface area contributed by atoms with Gasteiger partial charge < -0.3 is 15.0 Å². The molecule has 2 saturated heterocycles. The number of fused-ring (bicyclic) bond motifs is 1. The summed E-state index contributed by atoms with van der Waals surface area (Å²) in [7, 11) is 0. The van der Waals surface area contributed by atoms with E-state index >= 15 is 0 Å². The summed E-state index contributed by atoms with van der Waals surface area (Å²) in [6.45, 7) is 9.57. The van der Waals surface area contributed by atoms with Gasteiger partial charge in [0.1, 0.15) is 5.82 Å². The van der Waals surface area contributed by atoms with Gasteiger partial charge in [0.05, 0.1) is 18.2 Å². The van der Waals surface area contributed by atoms with E-state index in [0.717, 1.165) is 43.9 Å². The average Bonchev–Trinajstić information content (AvgIpc) is 3.14. The van der Waals surface area contributed by atoms with Crippen LogP contribution in [-0.4, -0.2) is 43.2 Å². The number of rotatable bonds is 3. The number of hydrogen-bond acceptors (Lipinski definition) is 4. The summed E-state index contributed by atoms with van der Waals surface area (Å²) < 4.78 is 5.39. The first-order chi connectivity index (χ1) is 12.9. The van der Waals surface area contributed by atoms with Crippen molar-refractivity contribution in [2.45, 2.75) is 39.7 Å². The number of nitrogens with one attached hydrogen (secondary N) is 1. The van der Waals surface area contributed by atoms with Gasteiger partial charge >= 0.3 is 0 Å². The van der Waals surface area contributed by atoms with E-state index in [2.05, 4.69) is 61.3 Å². The van der Waals surface area contributed by atoms with Gasteiger partial charge in [-0.2, -0.15) is 0 Å². The third kappa shape index (κ3) is 3.65. The normalized spacial score (nSPS) is 24.9. The highest BCUT2D eigenvalue weighted by atomic mass is 16.5. The van der Waals surface area contributed by atoms with Gasteiger partial charge in [-0.25, -0.2) is 4.98 Å². The van der Waals surface area contributed by atoms with Crippen LogP contribution >= 0.6 is 0 Å². The number of nitrogens with zero attached hydrogens (tertiary/aromatic N) is 2. The van der Waals surface area contributed by atoms with Crippen molar-refractivity contribution in [3.05, 3.63) is 35.9 Å². The van der Waals surface area contributed by atoms with Crippen molar-refractivity contribution in [2.24, 2.45) is 11.3 Å². The van der Waals surface area contributed by atoms with Gasteiger partial charge in [-0.05, 0) is 42.9 Å². The van der Waals surface area contributed by atoms with Gasteiger partial charge in [-0.3, -0.25) is 4.79 Å². The van der Waals surface area contributed by atoms with Crippen LogP contribution in [0.5, 0.6) is 0 Å². The maximum Gasteiger partial charge on any atom is 0.224 e. The molecule has 27 heavy (non-hydrogen) atoms. The number of pyridine rings is 1. The summed E-state index contributed by atoms with van der Waals surface area (Å²) >= 11 is 0. The summed E-state index contributed by atoms with van der Waals surface area (Å²) in [5.74, 6) is 1.21. The molecule has 1 N–H and O–H groups in total. The zero-order valence-electron chi connectivity index (χ0n) is 16.5. The molecule has 3 heterocycles. The minimum absolute atomic E-state index is 0.0246. The summed E-state index contributed by atoms with van der Waals surface area (Å²) in [6, 6.07) is 10.7. The van der Waals surface area contributed by atoms with E-state index in [1.165, 1.54) is 10.9 Å². The largest absolute Gasteiger partial charge is 0.379 e. The number of para-hydroxylation sites is 1. The molecule has 5 nitrogen and oxygen atoms in total. The second-order valence-electron chi connectivity index (χ2n) is 8.64. The lowest BCUT2D eigenvalue weighted by molar-refractivity contribution is -0.130. The number of benzene rings is 1. The molecule has 0 saturated carbocycles. The Morgan fingerprint density at radius 2 is 2.11 bits per heavy atom. The predicted octanol–water partition coefficient (Wildman–Crippen LogP) is 3.30. The molecule has 4 rings (SSSR count). The molecule has 5 heteroatoms. The molecule has 1 amide bonds. The molecule has 0 bridgehead atoms. The fourth-order valence-corrected chi connectivity index (χ4v) is 4.45. The van der Waals surface area contributed by atoms with Gasteiger partial charge in [0.25, 0.3) is 0 Å². The summed E-state index contributed by atoms with van der Waals surface area (Å²) in [4.78, 5) is 20.1. The monoisotopic (exact) mass is 367 g/mol. The summed E-state index contributed by atoms with van der Waals surface area (Å²) in [5.41, 5.74) is 2.15. The van der Waals surface area contributed by atoms with Crippen LogP contribution in [0.25, 0.3) is 10.9 Å². The Morgan fingerprint density at radius 1 is 1.26 bits per heavy atom. The minimum atomic E-state index is -0.107. The molecule has 2 aliphatic heterocycles. The number of amides is 1. The van der Waals surface area contributed by atoms with Gasteiger partial charge in [0.2, 0.25) is 5.91 Å². The second-order valence-corrected chi connectivity index (χ2v) is 8.64. The molecule has 1 aromatic heterocycles. The number of carbonyl (C=O) groups is 1. The first-order valence-electron chi connectivity index (χ1n) is 9.93. The molecule has 0 aliphatic carbocycles. The van der Waals surface area contributed by atoms with Gasteiger partial charge in [-0.1, -0.05) is 32.0 Å². The molecule has 2 atom stereocenters. The first-order valence-corrected chi connectivity index (χ1v) is 9.93. The Hall–Kier alpha value is -2.14. The Labute approximate surface area is 161 Å². The van der Waals surface area contributed by atoms with Crippen LogP contribution in [0.3, 0.4) is 0 Å². The molecule has 2 fully saturated rings. The molecule has 1 aromatic carbocycles. The van der Waals surface area contributed by atoms with Crippen molar-refractivity contribution in [2.75, 3.05) is 31.2 Å². The standard InChI is InChI=1S/C22H29N3O2/c1-15-5-4-6-16-7-8-19(24-20(15)16)25-11-9-18(22(2,3)14-25)21(26)23-17-10-12-27-13-17/h4-8,17-18H,9-14H2,1-3H3,(H,23,26)/t17-,18-/m1/s1. The van der Waals surface area contributed by atoms with Crippen LogP contribution in [0.2, 0.25) is 0 Å². The fraction of sp³-hybridized carbons (Fsp3) is 0.545. The second kappa shape index (κ2) is 7.12. The molecular formula is C22H29N3O2. The van der Waals surface area contributed by atoms with Gasteiger partial charge in [0.15, 0.2) is 0 Å². The van der Waals surface area contributed by atoms with Crippen molar-refractivity contribution in [1.82, 2.24) is 10.3 Å². The van der Waals surface area contributed by atoms with E-state index in [9.17, 15) is 4.79 Å². The zero-order valence-corrected chi connectivity index (χ0v) is 16.5. The zero-order chi connectivity index (χ0) is 19.0. The lowest BCUT2D eigenvalue weighted by atomic mass is 9.73. The van der Waals surface area contributed by atoms with Crippen molar-refractivity contribution in [3.8, 4) is 0 Å². The Kier molecular flexibility index (Phi) is 4.81. The van der Waals surface area contributed by atoms with Crippen LogP contribution in [0.1, 0.15) is 32.3 Å². The number of aromatic nitrogens is 1. The molecule has 2 aromatic rings. The Bertz CT molecular complexity index is 843. The van der Waals surface area contributed by atoms with E-state index in [4.69, 9.17) is 9.72 Å². The SMILES string of the molecule is Cc1cccc2ccc(N3CC[C@H](C(=O)N[C@@H]4CCOC4)C(C)(C)C3)nc12. The van der Waals surface area contributed by atoms with E-state index in [1.54, 1.807) is 0 Å². The van der Waals surface area contributed by atoms with Crippen molar-refractivity contribution >= 4 is 22.6 Å². The van der Waals surface area contributed by atoms with E-state index in [1.807, 2.05) is 0 Å². The van der Waals surface area contributed by atoms with E-state index < -0.39 is 0 Å². The highest BCUT2D eigenvalue weighted by molar-refractivity contribution is 5.83. The number of hydrogen-bond donors (Lipinski definition) is 1. The molecule has 2 aliphatic rings. The van der Waals surface area contributed by atoms with E-state index in [0.29, 0.717) is 6.61 Å². The maximum absolute atomic E-state index is 12.8. The number of piperidine rings is 1. The molecule has 144 valence electrons. The summed E-state index contributed by atoms with van der Waals surface area (Å²) in [6.07, 6.45) is 1.77. The van der Waals surface area contributed by atoms with Crippen LogP contribution in [0, 0.1) is 18.3 Å². The smallest absolute Gasteiger partial charge is 0.224 e. The minimum Gasteiger partial charge on any atom is -0.379 e. The third-order valence-electron chi connectivity index (χ3n) is 6.05. The van der Waals surface area contributed by atoms with Crippen molar-refractivity contribution < 1.29 is 9.53 Å².